The number of likely N-dealkylation sites (N-methyl/N-ethyl adjacent to an activating group) is 1. The van der Waals surface area contributed by atoms with E-state index in [1.54, 1.807) is 19.1 Å². The van der Waals surface area contributed by atoms with Crippen LogP contribution in [0, 0.1) is 0 Å². The monoisotopic (exact) mass is 283 g/mol. The molecule has 1 atom stereocenters. The van der Waals surface area contributed by atoms with Gasteiger partial charge in [0.1, 0.15) is 0 Å². The Labute approximate surface area is 115 Å². The van der Waals surface area contributed by atoms with E-state index in [4.69, 9.17) is 16.3 Å². The van der Waals surface area contributed by atoms with Crippen LogP contribution in [0.4, 0.5) is 5.69 Å². The van der Waals surface area contributed by atoms with Gasteiger partial charge in [-0.2, -0.15) is 0 Å². The number of hydrogen-bond donors (Lipinski definition) is 1. The number of fused-ring (bicyclic) bond motifs is 1. The molecule has 5 nitrogen and oxygen atoms in total. The second-order valence-electron chi connectivity index (χ2n) is 4.37. The number of ether oxygens (including phenoxy) is 1. The minimum atomic E-state index is -1.90. The quantitative estimate of drug-likeness (QED) is 0.853. The third-order valence-electron chi connectivity index (χ3n) is 3.13. The highest BCUT2D eigenvalue weighted by molar-refractivity contribution is 6.31. The maximum atomic E-state index is 12.2. The van der Waals surface area contributed by atoms with E-state index >= 15 is 0 Å². The highest BCUT2D eigenvalue weighted by Crippen LogP contribution is 2.42. The van der Waals surface area contributed by atoms with E-state index in [1.807, 2.05) is 0 Å². The normalized spacial score (nSPS) is 21.5. The average Bonchev–Trinajstić information content (AvgIpc) is 2.52. The third kappa shape index (κ3) is 2.19. The molecular weight excluding hydrogens is 270 g/mol. The number of carbonyl (C=O) groups excluding carboxylic acids is 2. The molecule has 6 heteroatoms. The lowest BCUT2D eigenvalue weighted by Crippen LogP contribution is -2.40. The molecule has 1 N–H and O–H groups in total. The van der Waals surface area contributed by atoms with Crippen LogP contribution in [-0.4, -0.2) is 30.6 Å². The highest BCUT2D eigenvalue weighted by Gasteiger charge is 2.50. The zero-order valence-electron chi connectivity index (χ0n) is 10.6. The van der Waals surface area contributed by atoms with Gasteiger partial charge in [0.15, 0.2) is 5.60 Å². The summed E-state index contributed by atoms with van der Waals surface area (Å²) < 4.78 is 4.80. The summed E-state index contributed by atoms with van der Waals surface area (Å²) in [5, 5.41) is 10.9. The van der Waals surface area contributed by atoms with Crippen molar-refractivity contribution >= 4 is 29.2 Å². The van der Waals surface area contributed by atoms with E-state index in [0.29, 0.717) is 16.3 Å². The third-order valence-corrected chi connectivity index (χ3v) is 3.36. The largest absolute Gasteiger partial charge is 0.466 e. The van der Waals surface area contributed by atoms with Gasteiger partial charge < -0.3 is 14.7 Å². The molecule has 1 aromatic carbocycles. The summed E-state index contributed by atoms with van der Waals surface area (Å²) in [5.41, 5.74) is -1.02. The van der Waals surface area contributed by atoms with Crippen molar-refractivity contribution < 1.29 is 19.4 Å². The number of halogens is 1. The molecule has 1 unspecified atom stereocenters. The van der Waals surface area contributed by atoms with Gasteiger partial charge in [-0.25, -0.2) is 0 Å². The van der Waals surface area contributed by atoms with E-state index < -0.39 is 23.9 Å². The number of aliphatic hydroxyl groups is 1. The first-order chi connectivity index (χ1) is 8.90. The molecule has 102 valence electrons. The first-order valence-electron chi connectivity index (χ1n) is 5.86. The Hall–Kier alpha value is -1.59. The number of benzene rings is 1. The summed E-state index contributed by atoms with van der Waals surface area (Å²) in [6, 6.07) is 4.76. The molecular formula is C13H14ClNO4. The van der Waals surface area contributed by atoms with Crippen molar-refractivity contribution in [1.29, 1.82) is 0 Å². The van der Waals surface area contributed by atoms with Gasteiger partial charge in [-0.3, -0.25) is 9.59 Å². The maximum absolute atomic E-state index is 12.2. The Bertz CT molecular complexity index is 545. The molecule has 1 aliphatic rings. The van der Waals surface area contributed by atoms with E-state index in [2.05, 4.69) is 0 Å². The van der Waals surface area contributed by atoms with Gasteiger partial charge in [0, 0.05) is 17.6 Å². The summed E-state index contributed by atoms with van der Waals surface area (Å²) in [6.07, 6.45) is -0.419. The lowest BCUT2D eigenvalue weighted by atomic mass is 9.92. The Kier molecular flexibility index (Phi) is 3.52. The molecule has 0 saturated carbocycles. The minimum Gasteiger partial charge on any atom is -0.466 e. The second-order valence-corrected chi connectivity index (χ2v) is 4.80. The zero-order chi connectivity index (χ0) is 14.2. The molecule has 0 fully saturated rings. The van der Waals surface area contributed by atoms with Crippen molar-refractivity contribution in [2.45, 2.75) is 18.9 Å². The molecule has 1 amide bonds. The average molecular weight is 284 g/mol. The maximum Gasteiger partial charge on any atom is 0.309 e. The van der Waals surface area contributed by atoms with Gasteiger partial charge in [-0.1, -0.05) is 11.6 Å². The van der Waals surface area contributed by atoms with Crippen molar-refractivity contribution in [3.05, 3.63) is 28.8 Å². The summed E-state index contributed by atoms with van der Waals surface area (Å²) in [4.78, 5) is 25.0. The van der Waals surface area contributed by atoms with E-state index in [9.17, 15) is 14.7 Å². The predicted molar refractivity (Wildman–Crippen MR) is 70.0 cm³/mol. The van der Waals surface area contributed by atoms with Gasteiger partial charge in [0.2, 0.25) is 0 Å². The number of nitrogens with zero attached hydrogens (tertiary/aromatic N) is 1. The fourth-order valence-corrected chi connectivity index (χ4v) is 2.40. The van der Waals surface area contributed by atoms with Crippen LogP contribution in [0.25, 0.3) is 0 Å². The Morgan fingerprint density at radius 2 is 2.21 bits per heavy atom. The zero-order valence-corrected chi connectivity index (χ0v) is 11.4. The van der Waals surface area contributed by atoms with E-state index in [1.165, 1.54) is 18.0 Å². The molecule has 19 heavy (non-hydrogen) atoms. The van der Waals surface area contributed by atoms with Crippen LogP contribution in [-0.2, 0) is 19.9 Å². The molecule has 1 heterocycles. The molecule has 0 radical (unpaired) electrons. The molecule has 1 aromatic rings. The summed E-state index contributed by atoms with van der Waals surface area (Å²) in [6.45, 7) is 1.86. The summed E-state index contributed by atoms with van der Waals surface area (Å²) >= 11 is 5.89. The van der Waals surface area contributed by atoms with E-state index in [0.717, 1.165) is 0 Å². The topological polar surface area (TPSA) is 66.8 Å². The van der Waals surface area contributed by atoms with Gasteiger partial charge in [-0.05, 0) is 25.1 Å². The second kappa shape index (κ2) is 4.83. The van der Waals surface area contributed by atoms with Crippen molar-refractivity contribution in [1.82, 2.24) is 0 Å². The van der Waals surface area contributed by atoms with Crippen LogP contribution in [0.3, 0.4) is 0 Å². The number of esters is 1. The van der Waals surface area contributed by atoms with E-state index in [-0.39, 0.29) is 6.61 Å². The predicted octanol–water partition coefficient (Wildman–Crippen LogP) is 1.46. The van der Waals surface area contributed by atoms with Crippen molar-refractivity contribution in [3.63, 3.8) is 0 Å². The summed E-state index contributed by atoms with van der Waals surface area (Å²) in [5.74, 6) is -1.18. The number of carbonyl (C=O) groups is 2. The molecule has 0 aliphatic carbocycles. The number of amides is 1. The highest BCUT2D eigenvalue weighted by atomic mass is 35.5. The lowest BCUT2D eigenvalue weighted by molar-refractivity contribution is -0.154. The number of hydrogen-bond acceptors (Lipinski definition) is 4. The van der Waals surface area contributed by atoms with Crippen LogP contribution in [0.5, 0.6) is 0 Å². The number of rotatable bonds is 3. The first kappa shape index (κ1) is 13.8. The smallest absolute Gasteiger partial charge is 0.309 e. The minimum absolute atomic E-state index is 0.196. The Morgan fingerprint density at radius 1 is 1.53 bits per heavy atom. The molecule has 0 spiro atoms. The van der Waals surface area contributed by atoms with Crippen LogP contribution in [0.1, 0.15) is 18.9 Å². The van der Waals surface area contributed by atoms with Gasteiger partial charge in [0.05, 0.1) is 18.7 Å². The molecule has 1 aliphatic heterocycles. The number of anilines is 1. The Morgan fingerprint density at radius 3 is 2.84 bits per heavy atom. The van der Waals surface area contributed by atoms with Crippen molar-refractivity contribution in [3.8, 4) is 0 Å². The van der Waals surface area contributed by atoms with Gasteiger partial charge in [-0.15, -0.1) is 0 Å². The summed E-state index contributed by atoms with van der Waals surface area (Å²) in [7, 11) is 1.54. The standard InChI is InChI=1S/C13H14ClNO4/c1-3-19-11(16)7-13(18)9-6-8(14)4-5-10(9)15(2)12(13)17/h4-6,18H,3,7H2,1-2H3. The van der Waals surface area contributed by atoms with Crippen molar-refractivity contribution in [2.75, 3.05) is 18.6 Å². The SMILES string of the molecule is CCOC(=O)CC1(O)C(=O)N(C)c2ccc(Cl)cc21. The lowest BCUT2D eigenvalue weighted by Gasteiger charge is -2.20. The van der Waals surface area contributed by atoms with Crippen LogP contribution in [0.15, 0.2) is 18.2 Å². The molecule has 0 bridgehead atoms. The molecule has 2 rings (SSSR count). The van der Waals surface area contributed by atoms with Crippen LogP contribution < -0.4 is 4.90 Å². The van der Waals surface area contributed by atoms with Gasteiger partial charge >= 0.3 is 5.97 Å². The van der Waals surface area contributed by atoms with Crippen LogP contribution in [0.2, 0.25) is 5.02 Å². The fourth-order valence-electron chi connectivity index (χ4n) is 2.23. The van der Waals surface area contributed by atoms with Crippen LogP contribution >= 0.6 is 11.6 Å². The Balaban J connectivity index is 2.43. The fraction of sp³-hybridized carbons (Fsp3) is 0.385. The first-order valence-corrected chi connectivity index (χ1v) is 6.24. The molecule has 0 saturated heterocycles. The molecule has 0 aromatic heterocycles. The van der Waals surface area contributed by atoms with Crippen molar-refractivity contribution in [2.24, 2.45) is 0 Å². The van der Waals surface area contributed by atoms with Gasteiger partial charge in [0.25, 0.3) is 5.91 Å².